The fraction of sp³-hybridized carbons (Fsp3) is 0.444. The summed E-state index contributed by atoms with van der Waals surface area (Å²) < 4.78 is 5.56. The molecule has 34 heavy (non-hydrogen) atoms. The fourth-order valence-corrected chi connectivity index (χ4v) is 4.95. The number of rotatable bonds is 7. The van der Waals surface area contributed by atoms with Crippen LogP contribution in [0.4, 0.5) is 4.79 Å². The molecule has 3 N–H and O–H groups in total. The van der Waals surface area contributed by atoms with Crippen molar-refractivity contribution in [3.8, 4) is 11.1 Å². The molecule has 0 aliphatic heterocycles. The van der Waals surface area contributed by atoms with Crippen molar-refractivity contribution in [1.82, 2.24) is 10.6 Å². The Morgan fingerprint density at radius 2 is 1.62 bits per heavy atom. The SMILES string of the molecule is CC(C)(CNC(=O)OCC1c2ccccc2-c2ccccc21)C(=O)N[C@@H]1CCC[C@@H](C(=O)O)C1. The van der Waals surface area contributed by atoms with Gasteiger partial charge in [-0.2, -0.15) is 0 Å². The summed E-state index contributed by atoms with van der Waals surface area (Å²) in [4.78, 5) is 36.6. The molecule has 2 aliphatic carbocycles. The molecule has 0 radical (unpaired) electrons. The second kappa shape index (κ2) is 9.87. The van der Waals surface area contributed by atoms with E-state index in [-0.39, 0.29) is 31.0 Å². The van der Waals surface area contributed by atoms with E-state index in [1.807, 2.05) is 24.3 Å². The van der Waals surface area contributed by atoms with E-state index in [2.05, 4.69) is 34.9 Å². The van der Waals surface area contributed by atoms with Crippen molar-refractivity contribution in [1.29, 1.82) is 0 Å². The zero-order chi connectivity index (χ0) is 24.3. The van der Waals surface area contributed by atoms with Crippen LogP contribution in [0.1, 0.15) is 56.6 Å². The number of ether oxygens (including phenoxy) is 1. The number of nitrogens with one attached hydrogen (secondary N) is 2. The van der Waals surface area contributed by atoms with Gasteiger partial charge in [0.25, 0.3) is 0 Å². The van der Waals surface area contributed by atoms with Crippen LogP contribution in [0.2, 0.25) is 0 Å². The topological polar surface area (TPSA) is 105 Å². The maximum Gasteiger partial charge on any atom is 0.407 e. The van der Waals surface area contributed by atoms with Gasteiger partial charge in [0, 0.05) is 18.5 Å². The van der Waals surface area contributed by atoms with Gasteiger partial charge in [-0.3, -0.25) is 9.59 Å². The van der Waals surface area contributed by atoms with E-state index >= 15 is 0 Å². The number of carboxylic acid groups (broad SMARTS) is 1. The molecule has 0 heterocycles. The van der Waals surface area contributed by atoms with Crippen LogP contribution in [0, 0.1) is 11.3 Å². The third-order valence-corrected chi connectivity index (χ3v) is 6.99. The predicted molar refractivity (Wildman–Crippen MR) is 128 cm³/mol. The summed E-state index contributed by atoms with van der Waals surface area (Å²) in [7, 11) is 0. The van der Waals surface area contributed by atoms with E-state index in [4.69, 9.17) is 4.74 Å². The monoisotopic (exact) mass is 464 g/mol. The minimum Gasteiger partial charge on any atom is -0.481 e. The van der Waals surface area contributed by atoms with Crippen molar-refractivity contribution >= 4 is 18.0 Å². The summed E-state index contributed by atoms with van der Waals surface area (Å²) >= 11 is 0. The average Bonchev–Trinajstić information content (AvgIpc) is 3.15. The maximum absolute atomic E-state index is 12.8. The van der Waals surface area contributed by atoms with Crippen molar-refractivity contribution in [2.45, 2.75) is 51.5 Å². The van der Waals surface area contributed by atoms with Crippen LogP contribution >= 0.6 is 0 Å². The minimum atomic E-state index is -0.859. The normalized spacial score (nSPS) is 19.6. The molecule has 1 saturated carbocycles. The van der Waals surface area contributed by atoms with Crippen LogP contribution in [-0.4, -0.2) is 42.3 Å². The molecular formula is C27H32N2O5. The molecule has 2 atom stereocenters. The lowest BCUT2D eigenvalue weighted by Crippen LogP contribution is -2.49. The van der Waals surface area contributed by atoms with Gasteiger partial charge >= 0.3 is 12.1 Å². The van der Waals surface area contributed by atoms with Gasteiger partial charge in [-0.15, -0.1) is 0 Å². The molecule has 7 nitrogen and oxygen atoms in total. The molecule has 0 aromatic heterocycles. The Balaban J connectivity index is 1.29. The Morgan fingerprint density at radius 3 is 2.24 bits per heavy atom. The van der Waals surface area contributed by atoms with Gasteiger partial charge in [0.05, 0.1) is 11.3 Å². The zero-order valence-electron chi connectivity index (χ0n) is 19.7. The zero-order valence-corrected chi connectivity index (χ0v) is 19.7. The summed E-state index contributed by atoms with van der Waals surface area (Å²) in [5.41, 5.74) is 3.75. The lowest BCUT2D eigenvalue weighted by atomic mass is 9.84. The van der Waals surface area contributed by atoms with E-state index in [0.29, 0.717) is 12.8 Å². The smallest absolute Gasteiger partial charge is 0.407 e. The fourth-order valence-electron chi connectivity index (χ4n) is 4.95. The van der Waals surface area contributed by atoms with E-state index in [1.54, 1.807) is 13.8 Å². The second-order valence-corrected chi connectivity index (χ2v) is 9.94. The van der Waals surface area contributed by atoms with Crippen molar-refractivity contribution in [2.75, 3.05) is 13.2 Å². The van der Waals surface area contributed by atoms with Crippen LogP contribution in [0.25, 0.3) is 11.1 Å². The van der Waals surface area contributed by atoms with Gasteiger partial charge in [0.2, 0.25) is 5.91 Å². The predicted octanol–water partition coefficient (Wildman–Crippen LogP) is 4.31. The summed E-state index contributed by atoms with van der Waals surface area (Å²) in [5.74, 6) is -1.46. The maximum atomic E-state index is 12.8. The first-order valence-corrected chi connectivity index (χ1v) is 11.9. The number of carboxylic acids is 1. The van der Waals surface area contributed by atoms with Crippen LogP contribution in [0.3, 0.4) is 0 Å². The van der Waals surface area contributed by atoms with Crippen LogP contribution < -0.4 is 10.6 Å². The van der Waals surface area contributed by atoms with E-state index < -0.39 is 23.4 Å². The van der Waals surface area contributed by atoms with Gasteiger partial charge in [-0.1, -0.05) is 55.0 Å². The highest BCUT2D eigenvalue weighted by Gasteiger charge is 2.34. The molecule has 0 spiro atoms. The largest absolute Gasteiger partial charge is 0.481 e. The van der Waals surface area contributed by atoms with E-state index in [0.717, 1.165) is 35.1 Å². The number of amides is 2. The van der Waals surface area contributed by atoms with E-state index in [9.17, 15) is 19.5 Å². The Bertz CT molecular complexity index is 1030. The first kappa shape index (κ1) is 23.8. The van der Waals surface area contributed by atoms with Gasteiger partial charge in [0.15, 0.2) is 0 Å². The van der Waals surface area contributed by atoms with Crippen molar-refractivity contribution < 1.29 is 24.2 Å². The Morgan fingerprint density at radius 1 is 1.00 bits per heavy atom. The highest BCUT2D eigenvalue weighted by Crippen LogP contribution is 2.44. The number of alkyl carbamates (subject to hydrolysis) is 1. The molecule has 2 aromatic carbocycles. The first-order chi connectivity index (χ1) is 16.3. The van der Waals surface area contributed by atoms with Gasteiger partial charge in [0.1, 0.15) is 6.61 Å². The highest BCUT2D eigenvalue weighted by atomic mass is 16.5. The average molecular weight is 465 g/mol. The molecule has 1 fully saturated rings. The number of hydrogen-bond acceptors (Lipinski definition) is 4. The number of carbonyl (C=O) groups excluding carboxylic acids is 2. The molecule has 180 valence electrons. The number of carbonyl (C=O) groups is 3. The van der Waals surface area contributed by atoms with Crippen LogP contribution in [-0.2, 0) is 14.3 Å². The molecule has 2 aromatic rings. The standard InChI is InChI=1S/C27H32N2O5/c1-27(2,25(32)29-18-9-7-8-17(14-18)24(30)31)16-28-26(33)34-15-23-21-12-5-3-10-19(21)20-11-4-6-13-22(20)23/h3-6,10-13,17-18,23H,7-9,14-16H2,1-2H3,(H,28,33)(H,29,32)(H,30,31)/t17-,18-/m1/s1. The lowest BCUT2D eigenvalue weighted by molar-refractivity contribution is -0.143. The van der Waals surface area contributed by atoms with Crippen LogP contribution in [0.5, 0.6) is 0 Å². The van der Waals surface area contributed by atoms with E-state index in [1.165, 1.54) is 0 Å². The summed E-state index contributed by atoms with van der Waals surface area (Å²) in [6.45, 7) is 3.84. The number of aliphatic carboxylic acids is 1. The number of benzene rings is 2. The van der Waals surface area contributed by atoms with Gasteiger partial charge < -0.3 is 20.5 Å². The van der Waals surface area contributed by atoms with Gasteiger partial charge in [-0.25, -0.2) is 4.79 Å². The van der Waals surface area contributed by atoms with Gasteiger partial charge in [-0.05, 0) is 55.4 Å². The lowest BCUT2D eigenvalue weighted by Gasteiger charge is -2.31. The molecule has 0 unspecified atom stereocenters. The third-order valence-electron chi connectivity index (χ3n) is 6.99. The summed E-state index contributed by atoms with van der Waals surface area (Å²) in [5, 5.41) is 15.0. The Hall–Kier alpha value is -3.35. The Kier molecular flexibility index (Phi) is 6.91. The number of fused-ring (bicyclic) bond motifs is 3. The molecule has 0 bridgehead atoms. The minimum absolute atomic E-state index is 0.0251. The first-order valence-electron chi connectivity index (χ1n) is 11.9. The Labute approximate surface area is 199 Å². The highest BCUT2D eigenvalue weighted by molar-refractivity contribution is 5.83. The van der Waals surface area contributed by atoms with Crippen molar-refractivity contribution in [3.05, 3.63) is 59.7 Å². The number of hydrogen-bond donors (Lipinski definition) is 3. The quantitative estimate of drug-likeness (QED) is 0.566. The molecule has 2 amide bonds. The van der Waals surface area contributed by atoms with Crippen molar-refractivity contribution in [3.63, 3.8) is 0 Å². The molecule has 0 saturated heterocycles. The van der Waals surface area contributed by atoms with Crippen molar-refractivity contribution in [2.24, 2.45) is 11.3 Å². The summed E-state index contributed by atoms with van der Waals surface area (Å²) in [6.07, 6.45) is 2.07. The molecular weight excluding hydrogens is 432 g/mol. The molecule has 2 aliphatic rings. The summed E-state index contributed by atoms with van der Waals surface area (Å²) in [6, 6.07) is 16.1. The van der Waals surface area contributed by atoms with Crippen LogP contribution in [0.15, 0.2) is 48.5 Å². The molecule has 7 heteroatoms. The molecule has 4 rings (SSSR count). The third kappa shape index (κ3) is 5.08. The second-order valence-electron chi connectivity index (χ2n) is 9.94.